The van der Waals surface area contributed by atoms with Gasteiger partial charge in [-0.15, -0.1) is 5.10 Å². The molecule has 2 rings (SSSR count). The van der Waals surface area contributed by atoms with E-state index in [0.717, 1.165) is 18.5 Å². The molecular weight excluding hydrogens is 279 g/mol. The highest BCUT2D eigenvalue weighted by Gasteiger charge is 2.19. The van der Waals surface area contributed by atoms with Crippen molar-refractivity contribution in [3.05, 3.63) is 40.2 Å². The zero-order valence-electron chi connectivity index (χ0n) is 11.5. The van der Waals surface area contributed by atoms with Gasteiger partial charge in [-0.1, -0.05) is 30.0 Å². The normalized spacial score (nSPS) is 12.4. The molecule has 0 amide bonds. The highest BCUT2D eigenvalue weighted by atomic mass is 32.1. The van der Waals surface area contributed by atoms with Gasteiger partial charge in [0.25, 0.3) is 0 Å². The topological polar surface area (TPSA) is 55.2 Å². The third kappa shape index (κ3) is 3.13. The zero-order valence-corrected chi connectivity index (χ0v) is 12.3. The number of nitrogens with zero attached hydrogens (tertiary/aromatic N) is 2. The van der Waals surface area contributed by atoms with Crippen molar-refractivity contribution in [1.29, 1.82) is 0 Å². The predicted molar refractivity (Wildman–Crippen MR) is 75.5 cm³/mol. The summed E-state index contributed by atoms with van der Waals surface area (Å²) in [6.45, 7) is 2.04. The van der Waals surface area contributed by atoms with Crippen LogP contribution in [-0.2, 0) is 12.8 Å². The van der Waals surface area contributed by atoms with E-state index in [4.69, 9.17) is 4.74 Å². The van der Waals surface area contributed by atoms with Crippen molar-refractivity contribution in [2.45, 2.75) is 32.3 Å². The number of aromatic nitrogens is 2. The van der Waals surface area contributed by atoms with Crippen LogP contribution < -0.4 is 4.74 Å². The molecule has 1 aromatic carbocycles. The summed E-state index contributed by atoms with van der Waals surface area (Å²) >= 11 is 1.17. The Morgan fingerprint density at radius 1 is 1.45 bits per heavy atom. The van der Waals surface area contributed by atoms with Crippen LogP contribution in [0.4, 0.5) is 4.39 Å². The van der Waals surface area contributed by atoms with Crippen molar-refractivity contribution in [2.75, 3.05) is 7.11 Å². The monoisotopic (exact) mass is 296 g/mol. The Morgan fingerprint density at radius 2 is 2.25 bits per heavy atom. The third-order valence-corrected chi connectivity index (χ3v) is 3.92. The molecular formula is C14H17FN2O2S. The van der Waals surface area contributed by atoms with Crippen LogP contribution in [0.3, 0.4) is 0 Å². The van der Waals surface area contributed by atoms with Crippen LogP contribution in [0.1, 0.15) is 35.6 Å². The molecule has 1 aromatic heterocycles. The van der Waals surface area contributed by atoms with Gasteiger partial charge in [-0.3, -0.25) is 0 Å². The van der Waals surface area contributed by atoms with Gasteiger partial charge in [0.1, 0.15) is 0 Å². The second-order valence-corrected chi connectivity index (χ2v) is 5.27. The van der Waals surface area contributed by atoms with Crippen LogP contribution >= 0.6 is 11.5 Å². The maximum absolute atomic E-state index is 14.1. The van der Waals surface area contributed by atoms with E-state index in [1.807, 2.05) is 6.92 Å². The number of aliphatic hydroxyl groups is 1. The molecule has 0 radical (unpaired) electrons. The van der Waals surface area contributed by atoms with Crippen molar-refractivity contribution in [3.63, 3.8) is 0 Å². The van der Waals surface area contributed by atoms with E-state index in [2.05, 4.69) is 9.59 Å². The molecule has 1 N–H and O–H groups in total. The zero-order chi connectivity index (χ0) is 14.5. The van der Waals surface area contributed by atoms with Crippen LogP contribution in [0, 0.1) is 5.82 Å². The molecule has 20 heavy (non-hydrogen) atoms. The first-order chi connectivity index (χ1) is 9.67. The summed E-state index contributed by atoms with van der Waals surface area (Å²) in [4.78, 5) is 0.717. The minimum Gasteiger partial charge on any atom is -0.494 e. The molecule has 0 bridgehead atoms. The lowest BCUT2D eigenvalue weighted by molar-refractivity contribution is 0.179. The van der Waals surface area contributed by atoms with Gasteiger partial charge in [-0.2, -0.15) is 0 Å². The van der Waals surface area contributed by atoms with Crippen molar-refractivity contribution in [1.82, 2.24) is 9.59 Å². The maximum atomic E-state index is 14.1. The molecule has 0 saturated carbocycles. The molecule has 0 fully saturated rings. The number of rotatable bonds is 6. The number of halogens is 1. The standard InChI is InChI=1S/C14H17FN2O2S/c1-3-5-10-14(20-17-16-10)11(18)8-9-6-4-7-12(19-2)13(9)15/h4,6-7,11,18H,3,5,8H2,1-2H3. The average molecular weight is 296 g/mol. The quantitative estimate of drug-likeness (QED) is 0.890. The van der Waals surface area contributed by atoms with Gasteiger partial charge in [0, 0.05) is 6.42 Å². The number of hydrogen-bond donors (Lipinski definition) is 1. The largest absolute Gasteiger partial charge is 0.494 e. The molecule has 0 saturated heterocycles. The van der Waals surface area contributed by atoms with E-state index >= 15 is 0 Å². The maximum Gasteiger partial charge on any atom is 0.168 e. The summed E-state index contributed by atoms with van der Waals surface area (Å²) in [7, 11) is 1.42. The van der Waals surface area contributed by atoms with Gasteiger partial charge in [-0.05, 0) is 29.6 Å². The number of hydrogen-bond acceptors (Lipinski definition) is 5. The Balaban J connectivity index is 2.19. The lowest BCUT2D eigenvalue weighted by Gasteiger charge is -2.12. The summed E-state index contributed by atoms with van der Waals surface area (Å²) < 4.78 is 22.9. The van der Waals surface area contributed by atoms with Crippen LogP contribution in [0.15, 0.2) is 18.2 Å². The van der Waals surface area contributed by atoms with E-state index < -0.39 is 11.9 Å². The lowest BCUT2D eigenvalue weighted by atomic mass is 10.0. The number of aryl methyl sites for hydroxylation is 1. The predicted octanol–water partition coefficient (Wildman–Crippen LogP) is 2.91. The van der Waals surface area contributed by atoms with Crippen LogP contribution in [0.5, 0.6) is 5.75 Å². The Bertz CT molecular complexity index is 574. The van der Waals surface area contributed by atoms with Crippen LogP contribution in [0.2, 0.25) is 0 Å². The second-order valence-electron chi connectivity index (χ2n) is 4.49. The Kier molecular flexibility index (Phi) is 5.03. The minimum absolute atomic E-state index is 0.184. The fourth-order valence-electron chi connectivity index (χ4n) is 2.05. The smallest absolute Gasteiger partial charge is 0.168 e. The molecule has 1 atom stereocenters. The lowest BCUT2D eigenvalue weighted by Crippen LogP contribution is -2.05. The van der Waals surface area contributed by atoms with E-state index in [1.54, 1.807) is 18.2 Å². The van der Waals surface area contributed by atoms with Gasteiger partial charge in [-0.25, -0.2) is 4.39 Å². The SMILES string of the molecule is CCCc1nnsc1C(O)Cc1cccc(OC)c1F. The van der Waals surface area contributed by atoms with Gasteiger partial charge < -0.3 is 9.84 Å². The van der Waals surface area contributed by atoms with Crippen molar-refractivity contribution >= 4 is 11.5 Å². The van der Waals surface area contributed by atoms with E-state index in [1.165, 1.54) is 18.6 Å². The van der Waals surface area contributed by atoms with E-state index in [0.29, 0.717) is 10.4 Å². The number of ether oxygens (including phenoxy) is 1. The molecule has 4 nitrogen and oxygen atoms in total. The van der Waals surface area contributed by atoms with Gasteiger partial charge in [0.15, 0.2) is 11.6 Å². The van der Waals surface area contributed by atoms with Crippen LogP contribution in [0.25, 0.3) is 0 Å². The molecule has 1 unspecified atom stereocenters. The fraction of sp³-hybridized carbons (Fsp3) is 0.429. The summed E-state index contributed by atoms with van der Waals surface area (Å²) in [6, 6.07) is 4.92. The molecule has 0 aliphatic heterocycles. The number of aliphatic hydroxyl groups excluding tert-OH is 1. The van der Waals surface area contributed by atoms with Gasteiger partial charge in [0.05, 0.1) is 23.8 Å². The van der Waals surface area contributed by atoms with E-state index in [9.17, 15) is 9.50 Å². The van der Waals surface area contributed by atoms with Crippen LogP contribution in [-0.4, -0.2) is 21.8 Å². The first kappa shape index (κ1) is 14.9. The van der Waals surface area contributed by atoms with Crippen molar-refractivity contribution in [3.8, 4) is 5.75 Å². The molecule has 108 valence electrons. The molecule has 1 heterocycles. The van der Waals surface area contributed by atoms with Crippen molar-refractivity contribution < 1.29 is 14.2 Å². The summed E-state index contributed by atoms with van der Waals surface area (Å²) in [6.07, 6.45) is 1.09. The van der Waals surface area contributed by atoms with E-state index in [-0.39, 0.29) is 12.2 Å². The molecule has 2 aromatic rings. The molecule has 0 aliphatic carbocycles. The summed E-state index contributed by atoms with van der Waals surface area (Å²) in [5.41, 5.74) is 1.22. The van der Waals surface area contributed by atoms with Gasteiger partial charge >= 0.3 is 0 Å². The van der Waals surface area contributed by atoms with Gasteiger partial charge in [0.2, 0.25) is 0 Å². The number of methoxy groups -OCH3 is 1. The Labute approximate surface area is 121 Å². The highest BCUT2D eigenvalue weighted by Crippen LogP contribution is 2.28. The Morgan fingerprint density at radius 3 is 2.95 bits per heavy atom. The molecule has 0 spiro atoms. The third-order valence-electron chi connectivity index (χ3n) is 3.05. The Hall–Kier alpha value is -1.53. The first-order valence-corrected chi connectivity index (χ1v) is 7.25. The summed E-state index contributed by atoms with van der Waals surface area (Å²) in [5, 5.41) is 14.3. The highest BCUT2D eigenvalue weighted by molar-refractivity contribution is 7.05. The minimum atomic E-state index is -0.793. The molecule has 0 aliphatic rings. The fourth-order valence-corrected chi connectivity index (χ4v) is 2.73. The van der Waals surface area contributed by atoms with Crippen molar-refractivity contribution in [2.24, 2.45) is 0 Å². The average Bonchev–Trinajstić information content (AvgIpc) is 2.90. The summed E-state index contributed by atoms with van der Waals surface area (Å²) in [5.74, 6) is -0.241. The molecule has 6 heteroatoms. The first-order valence-electron chi connectivity index (χ1n) is 6.48. The second kappa shape index (κ2) is 6.76. The number of benzene rings is 1.